The molecule has 2 aliphatic rings. The molecule has 0 saturated heterocycles. The lowest BCUT2D eigenvalue weighted by Crippen LogP contribution is -2.39. The summed E-state index contributed by atoms with van der Waals surface area (Å²) in [6.07, 6.45) is 1.36. The first-order chi connectivity index (χ1) is 14.0. The largest absolute Gasteiger partial charge is 0.496 e. The van der Waals surface area contributed by atoms with Crippen LogP contribution >= 0.6 is 23.4 Å². The number of methoxy groups -OCH3 is 1. The fourth-order valence-electron chi connectivity index (χ4n) is 3.35. The van der Waals surface area contributed by atoms with Crippen molar-refractivity contribution >= 4 is 34.5 Å². The van der Waals surface area contributed by atoms with E-state index in [-0.39, 0.29) is 12.4 Å². The first kappa shape index (κ1) is 21.1. The highest BCUT2D eigenvalue weighted by atomic mass is 35.5. The Morgan fingerprint density at radius 2 is 2.21 bits per heavy atom. The quantitative estimate of drug-likeness (QED) is 0.676. The SMILES string of the molecule is CCCC1=C(C(=O)OCC)[C@@H](c2cc(Cl)ccc2OC)N2C(=N1)SC(C#N)=C2N. The first-order valence-corrected chi connectivity index (χ1v) is 10.3. The Bertz CT molecular complexity index is 980. The van der Waals surface area contributed by atoms with Crippen molar-refractivity contribution in [2.45, 2.75) is 32.7 Å². The number of carbonyl (C=O) groups is 1. The smallest absolute Gasteiger partial charge is 0.338 e. The zero-order chi connectivity index (χ0) is 21.1. The minimum Gasteiger partial charge on any atom is -0.496 e. The van der Waals surface area contributed by atoms with E-state index in [9.17, 15) is 10.1 Å². The van der Waals surface area contributed by atoms with E-state index in [0.717, 1.165) is 6.42 Å². The molecule has 1 atom stereocenters. The van der Waals surface area contributed by atoms with Gasteiger partial charge in [-0.05, 0) is 43.3 Å². The van der Waals surface area contributed by atoms with Crippen LogP contribution in [-0.2, 0) is 9.53 Å². The monoisotopic (exact) mass is 432 g/mol. The zero-order valence-electron chi connectivity index (χ0n) is 16.4. The van der Waals surface area contributed by atoms with Crippen LogP contribution in [0.15, 0.2) is 45.2 Å². The molecule has 0 aliphatic carbocycles. The van der Waals surface area contributed by atoms with Gasteiger partial charge in [-0.15, -0.1) is 0 Å². The van der Waals surface area contributed by atoms with E-state index < -0.39 is 12.0 Å². The first-order valence-electron chi connectivity index (χ1n) is 9.15. The Hall–Kier alpha value is -2.63. The molecule has 0 fully saturated rings. The van der Waals surface area contributed by atoms with Gasteiger partial charge < -0.3 is 15.2 Å². The van der Waals surface area contributed by atoms with Crippen LogP contribution in [0, 0.1) is 11.3 Å². The molecule has 152 valence electrons. The van der Waals surface area contributed by atoms with E-state index in [4.69, 9.17) is 26.8 Å². The molecule has 0 unspecified atom stereocenters. The minimum absolute atomic E-state index is 0.223. The maximum Gasteiger partial charge on any atom is 0.338 e. The number of ether oxygens (including phenoxy) is 2. The fraction of sp³-hybridized carbons (Fsp3) is 0.350. The molecule has 0 amide bonds. The van der Waals surface area contributed by atoms with Gasteiger partial charge in [0.2, 0.25) is 0 Å². The number of aliphatic imine (C=N–C) groups is 1. The van der Waals surface area contributed by atoms with Crippen LogP contribution in [0.5, 0.6) is 5.75 Å². The molecule has 0 bridgehead atoms. The molecule has 2 aliphatic heterocycles. The summed E-state index contributed by atoms with van der Waals surface area (Å²) in [7, 11) is 1.55. The number of esters is 1. The minimum atomic E-state index is -0.671. The summed E-state index contributed by atoms with van der Waals surface area (Å²) in [4.78, 5) is 19.7. The summed E-state index contributed by atoms with van der Waals surface area (Å²) in [5.41, 5.74) is 7.93. The lowest BCUT2D eigenvalue weighted by molar-refractivity contribution is -0.139. The molecule has 0 saturated carbocycles. The molecule has 9 heteroatoms. The van der Waals surface area contributed by atoms with Crippen LogP contribution in [-0.4, -0.2) is 29.8 Å². The van der Waals surface area contributed by atoms with Gasteiger partial charge in [-0.2, -0.15) is 5.26 Å². The van der Waals surface area contributed by atoms with Crippen LogP contribution in [0.2, 0.25) is 5.02 Å². The maximum atomic E-state index is 13.0. The predicted molar refractivity (Wildman–Crippen MR) is 113 cm³/mol. The summed E-state index contributed by atoms with van der Waals surface area (Å²) in [6.45, 7) is 3.98. The van der Waals surface area contributed by atoms with Gasteiger partial charge in [0.25, 0.3) is 0 Å². The number of carbonyl (C=O) groups excluding carboxylic acids is 1. The van der Waals surface area contributed by atoms with Crippen LogP contribution in [0.25, 0.3) is 0 Å². The van der Waals surface area contributed by atoms with Crippen molar-refractivity contribution in [1.82, 2.24) is 4.90 Å². The van der Waals surface area contributed by atoms with Crippen LogP contribution in [0.3, 0.4) is 0 Å². The highest BCUT2D eigenvalue weighted by molar-refractivity contribution is 8.17. The number of nitrogens with two attached hydrogens (primary N) is 1. The lowest BCUT2D eigenvalue weighted by atomic mass is 9.92. The van der Waals surface area contributed by atoms with Crippen LogP contribution in [0.4, 0.5) is 0 Å². The van der Waals surface area contributed by atoms with Crippen molar-refractivity contribution in [2.75, 3.05) is 13.7 Å². The predicted octanol–water partition coefficient (Wildman–Crippen LogP) is 4.08. The Morgan fingerprint density at radius 1 is 1.45 bits per heavy atom. The highest BCUT2D eigenvalue weighted by Crippen LogP contribution is 2.48. The van der Waals surface area contributed by atoms with Gasteiger partial charge in [0.15, 0.2) is 5.17 Å². The third kappa shape index (κ3) is 3.80. The van der Waals surface area contributed by atoms with Gasteiger partial charge >= 0.3 is 5.97 Å². The van der Waals surface area contributed by atoms with E-state index in [1.54, 1.807) is 37.1 Å². The molecule has 0 spiro atoms. The zero-order valence-corrected chi connectivity index (χ0v) is 17.9. The number of rotatable bonds is 6. The summed E-state index contributed by atoms with van der Waals surface area (Å²) < 4.78 is 10.9. The summed E-state index contributed by atoms with van der Waals surface area (Å²) in [6, 6.07) is 6.61. The number of halogens is 1. The molecule has 0 aromatic heterocycles. The number of fused-ring (bicyclic) bond motifs is 1. The van der Waals surface area contributed by atoms with Gasteiger partial charge in [0, 0.05) is 10.6 Å². The average Bonchev–Trinajstić information content (AvgIpc) is 3.02. The molecular weight excluding hydrogens is 412 g/mol. The number of hydrogen-bond donors (Lipinski definition) is 1. The normalized spacial score (nSPS) is 18.4. The van der Waals surface area contributed by atoms with E-state index in [1.807, 2.05) is 6.92 Å². The average molecular weight is 433 g/mol. The standard InChI is InChI=1S/C20H21ClN4O3S/c1-4-6-13-16(19(26)28-5-2)17(12-9-11(21)7-8-14(12)27-3)25-18(23)15(10-22)29-20(25)24-13/h7-9,17H,4-6,23H2,1-3H3/t17-/m1/s1. The summed E-state index contributed by atoms with van der Waals surface area (Å²) >= 11 is 7.46. The highest BCUT2D eigenvalue weighted by Gasteiger charge is 2.44. The van der Waals surface area contributed by atoms with E-state index in [0.29, 0.717) is 44.1 Å². The molecule has 1 aromatic rings. The second-order valence-electron chi connectivity index (χ2n) is 6.31. The van der Waals surface area contributed by atoms with Crippen molar-refractivity contribution < 1.29 is 14.3 Å². The Morgan fingerprint density at radius 3 is 2.83 bits per heavy atom. The number of hydrogen-bond acceptors (Lipinski definition) is 8. The fourth-order valence-corrected chi connectivity index (χ4v) is 4.42. The molecule has 29 heavy (non-hydrogen) atoms. The van der Waals surface area contributed by atoms with E-state index in [1.165, 1.54) is 11.8 Å². The van der Waals surface area contributed by atoms with Crippen LogP contribution in [0.1, 0.15) is 38.3 Å². The third-order valence-corrected chi connectivity index (χ3v) is 5.74. The maximum absolute atomic E-state index is 13.0. The van der Waals surface area contributed by atoms with E-state index in [2.05, 4.69) is 11.1 Å². The molecule has 2 heterocycles. The summed E-state index contributed by atoms with van der Waals surface area (Å²) in [5, 5.41) is 10.5. The molecule has 3 rings (SSSR count). The number of nitriles is 1. The molecule has 2 N–H and O–H groups in total. The molecule has 0 radical (unpaired) electrons. The number of benzene rings is 1. The van der Waals surface area contributed by atoms with Gasteiger partial charge in [0.05, 0.1) is 25.0 Å². The van der Waals surface area contributed by atoms with Crippen molar-refractivity contribution in [3.05, 3.63) is 50.8 Å². The third-order valence-electron chi connectivity index (χ3n) is 4.53. The van der Waals surface area contributed by atoms with Crippen LogP contribution < -0.4 is 10.5 Å². The van der Waals surface area contributed by atoms with Crippen molar-refractivity contribution in [3.8, 4) is 11.8 Å². The molecule has 1 aromatic carbocycles. The van der Waals surface area contributed by atoms with Gasteiger partial charge in [-0.3, -0.25) is 4.90 Å². The number of nitrogens with zero attached hydrogens (tertiary/aromatic N) is 3. The summed E-state index contributed by atoms with van der Waals surface area (Å²) in [5.74, 6) is 0.302. The Balaban J connectivity index is 2.30. The number of allylic oxidation sites excluding steroid dienone is 2. The second-order valence-corrected chi connectivity index (χ2v) is 7.73. The number of amidine groups is 1. The molecule has 7 nitrogen and oxygen atoms in total. The molecular formula is C20H21ClN4O3S. The van der Waals surface area contributed by atoms with Gasteiger partial charge in [0.1, 0.15) is 28.6 Å². The van der Waals surface area contributed by atoms with Gasteiger partial charge in [-0.1, -0.05) is 24.9 Å². The Kier molecular flexibility index (Phi) is 6.40. The van der Waals surface area contributed by atoms with Crippen molar-refractivity contribution in [3.63, 3.8) is 0 Å². The van der Waals surface area contributed by atoms with Crippen molar-refractivity contribution in [1.29, 1.82) is 5.26 Å². The topological polar surface area (TPSA) is 101 Å². The number of thioether (sulfide) groups is 1. The lowest BCUT2D eigenvalue weighted by Gasteiger charge is -2.36. The second kappa shape index (κ2) is 8.80. The van der Waals surface area contributed by atoms with Gasteiger partial charge in [-0.25, -0.2) is 9.79 Å². The van der Waals surface area contributed by atoms with Crippen molar-refractivity contribution in [2.24, 2.45) is 10.7 Å². The van der Waals surface area contributed by atoms with E-state index >= 15 is 0 Å². The Labute approximate surface area is 178 Å².